The highest BCUT2D eigenvalue weighted by Gasteiger charge is 2.33. The number of Topliss-reactive ketones (excluding diaryl/α,β-unsaturated/α-hetero) is 1. The fourth-order valence-corrected chi connectivity index (χ4v) is 5.29. The second-order valence-corrected chi connectivity index (χ2v) is 9.87. The molecule has 2 N–H and O–H groups in total. The average Bonchev–Trinajstić information content (AvgIpc) is 3.32. The van der Waals surface area contributed by atoms with E-state index >= 15 is 0 Å². The minimum atomic E-state index is -0.853. The summed E-state index contributed by atoms with van der Waals surface area (Å²) < 4.78 is 20.0. The van der Waals surface area contributed by atoms with Crippen LogP contribution in [0.1, 0.15) is 36.4 Å². The first-order valence-corrected chi connectivity index (χ1v) is 12.5. The number of ketones is 1. The quantitative estimate of drug-likeness (QED) is 0.517. The van der Waals surface area contributed by atoms with Crippen LogP contribution in [-0.4, -0.2) is 64.9 Å². The van der Waals surface area contributed by atoms with Crippen molar-refractivity contribution in [3.05, 3.63) is 61.9 Å². The summed E-state index contributed by atoms with van der Waals surface area (Å²) in [6, 6.07) is 3.72. The predicted molar refractivity (Wildman–Crippen MR) is 129 cm³/mol. The van der Waals surface area contributed by atoms with Gasteiger partial charge in [0.05, 0.1) is 12.7 Å². The number of carboxylic acids is 1. The lowest BCUT2D eigenvalue weighted by Gasteiger charge is -2.35. The van der Waals surface area contributed by atoms with Gasteiger partial charge < -0.3 is 15.2 Å². The van der Waals surface area contributed by atoms with Gasteiger partial charge in [0.15, 0.2) is 16.6 Å². The number of amidine groups is 1. The largest absolute Gasteiger partial charge is 0.481 e. The number of nitrogens with one attached hydrogen (secondary N) is 1. The maximum absolute atomic E-state index is 13.8. The fraction of sp³-hybridized carbons (Fsp3) is 0.391. The summed E-state index contributed by atoms with van der Waals surface area (Å²) in [5.74, 6) is -0.829. The summed E-state index contributed by atoms with van der Waals surface area (Å²) in [6.07, 6.45) is 1.96. The van der Waals surface area contributed by atoms with Crippen molar-refractivity contribution in [2.24, 2.45) is 4.99 Å². The zero-order valence-corrected chi connectivity index (χ0v) is 20.9. The highest BCUT2D eigenvalue weighted by atomic mass is 79.9. The monoisotopic (exact) mass is 550 g/mol. The van der Waals surface area contributed by atoms with E-state index in [1.165, 1.54) is 30.4 Å². The van der Waals surface area contributed by atoms with Gasteiger partial charge in [0.2, 0.25) is 0 Å². The first kappa shape index (κ1) is 24.6. The van der Waals surface area contributed by atoms with E-state index in [4.69, 9.17) is 14.8 Å². The lowest BCUT2D eigenvalue weighted by molar-refractivity contribution is -0.138. The average molecular weight is 551 g/mol. The number of carbonyl (C=O) groups is 2. The Kier molecular flexibility index (Phi) is 7.87. The molecule has 1 saturated heterocycles. The maximum Gasteiger partial charge on any atom is 0.303 e. The first-order valence-electron chi connectivity index (χ1n) is 10.8. The Bertz CT molecular complexity index is 1140. The van der Waals surface area contributed by atoms with Crippen LogP contribution in [0.25, 0.3) is 0 Å². The molecule has 2 aliphatic rings. The second kappa shape index (κ2) is 10.9. The van der Waals surface area contributed by atoms with Gasteiger partial charge in [-0.2, -0.15) is 0 Å². The third-order valence-corrected chi connectivity index (χ3v) is 7.15. The molecule has 8 nitrogen and oxygen atoms in total. The van der Waals surface area contributed by atoms with Crippen LogP contribution in [0.15, 0.2) is 50.5 Å². The van der Waals surface area contributed by atoms with E-state index in [9.17, 15) is 14.0 Å². The topological polar surface area (TPSA) is 104 Å². The number of benzene rings is 1. The van der Waals surface area contributed by atoms with Gasteiger partial charge in [-0.1, -0.05) is 22.0 Å². The van der Waals surface area contributed by atoms with E-state index in [1.54, 1.807) is 12.3 Å². The van der Waals surface area contributed by atoms with Crippen LogP contribution in [-0.2, 0) is 14.3 Å². The number of aliphatic carboxylic acids is 1. The first-order chi connectivity index (χ1) is 16.3. The minimum absolute atomic E-state index is 0.0413. The Hall–Kier alpha value is -2.47. The summed E-state index contributed by atoms with van der Waals surface area (Å²) >= 11 is 4.86. The standard InChI is InChI=1S/C23H24BrFN4O4S/c1-13(30)20-18(12-29-7-8-33-15(11-29)3-5-19(31)32)27-22(23-26-6-9-34-23)28-21(20)16-4-2-14(25)10-17(16)24/h2,4,6,9-10,15,21H,3,5,7-8,11-12H2,1H3,(H,27,28)(H,31,32)/t15-,21+/m1/s1. The predicted octanol–water partition coefficient (Wildman–Crippen LogP) is 3.54. The molecule has 2 aliphatic heterocycles. The lowest BCUT2D eigenvalue weighted by Crippen LogP contribution is -2.46. The van der Waals surface area contributed by atoms with Crippen molar-refractivity contribution in [2.45, 2.75) is 31.9 Å². The van der Waals surface area contributed by atoms with Gasteiger partial charge in [0, 0.05) is 53.4 Å². The third kappa shape index (κ3) is 5.77. The summed E-state index contributed by atoms with van der Waals surface area (Å²) in [6.45, 7) is 3.61. The smallest absolute Gasteiger partial charge is 0.303 e. The van der Waals surface area contributed by atoms with Crippen molar-refractivity contribution in [3.63, 3.8) is 0 Å². The lowest BCUT2D eigenvalue weighted by atomic mass is 9.92. The molecule has 0 radical (unpaired) electrons. The SMILES string of the molecule is CC(=O)C1=C(CN2CCO[C@H](CCC(=O)O)C2)NC(c2nccs2)=N[C@H]1c1ccc(F)cc1Br. The van der Waals surface area contributed by atoms with Gasteiger partial charge in [-0.25, -0.2) is 9.37 Å². The Morgan fingerprint density at radius 2 is 2.24 bits per heavy atom. The molecule has 2 atom stereocenters. The Morgan fingerprint density at radius 3 is 2.91 bits per heavy atom. The van der Waals surface area contributed by atoms with E-state index in [0.717, 1.165) is 0 Å². The number of halogens is 2. The van der Waals surface area contributed by atoms with Crippen LogP contribution >= 0.6 is 27.3 Å². The van der Waals surface area contributed by atoms with Crippen LogP contribution < -0.4 is 5.32 Å². The molecule has 0 bridgehead atoms. The number of hydrogen-bond donors (Lipinski definition) is 2. The van der Waals surface area contributed by atoms with Crippen molar-refractivity contribution in [2.75, 3.05) is 26.2 Å². The van der Waals surface area contributed by atoms with E-state index in [0.29, 0.717) is 64.8 Å². The Morgan fingerprint density at radius 1 is 1.41 bits per heavy atom. The molecule has 1 aromatic carbocycles. The van der Waals surface area contributed by atoms with Gasteiger partial charge in [-0.05, 0) is 31.0 Å². The molecule has 2 aromatic rings. The van der Waals surface area contributed by atoms with Crippen LogP contribution in [0, 0.1) is 5.82 Å². The molecule has 1 fully saturated rings. The molecule has 3 heterocycles. The minimum Gasteiger partial charge on any atom is -0.481 e. The van der Waals surface area contributed by atoms with Crippen LogP contribution in [0.3, 0.4) is 0 Å². The highest BCUT2D eigenvalue weighted by molar-refractivity contribution is 9.10. The molecule has 0 unspecified atom stereocenters. The maximum atomic E-state index is 13.8. The number of morpholine rings is 1. The van der Waals surface area contributed by atoms with Gasteiger partial charge >= 0.3 is 5.97 Å². The van der Waals surface area contributed by atoms with Crippen molar-refractivity contribution >= 4 is 44.9 Å². The summed E-state index contributed by atoms with van der Waals surface area (Å²) in [5.41, 5.74) is 1.88. The number of rotatable bonds is 8. The van der Waals surface area contributed by atoms with Crippen LogP contribution in [0.4, 0.5) is 4.39 Å². The van der Waals surface area contributed by atoms with Crippen molar-refractivity contribution < 1.29 is 23.8 Å². The molecule has 34 heavy (non-hydrogen) atoms. The molecular weight excluding hydrogens is 527 g/mol. The Balaban J connectivity index is 1.68. The molecular formula is C23H24BrFN4O4S. The summed E-state index contributed by atoms with van der Waals surface area (Å²) in [5, 5.41) is 14.8. The number of thiazole rings is 1. The normalized spacial score (nSPS) is 21.2. The molecule has 11 heteroatoms. The number of nitrogens with zero attached hydrogens (tertiary/aromatic N) is 3. The third-order valence-electron chi connectivity index (χ3n) is 5.68. The number of carboxylic acid groups (broad SMARTS) is 1. The molecule has 0 spiro atoms. The zero-order valence-electron chi connectivity index (χ0n) is 18.5. The molecule has 0 amide bonds. The second-order valence-electron chi connectivity index (χ2n) is 8.12. The van der Waals surface area contributed by atoms with Crippen molar-refractivity contribution in [3.8, 4) is 0 Å². The van der Waals surface area contributed by atoms with Crippen molar-refractivity contribution in [1.29, 1.82) is 0 Å². The number of ether oxygens (including phenoxy) is 1. The summed E-state index contributed by atoms with van der Waals surface area (Å²) in [4.78, 5) is 35.1. The molecule has 0 saturated carbocycles. The van der Waals surface area contributed by atoms with Gasteiger partial charge in [0.1, 0.15) is 11.9 Å². The van der Waals surface area contributed by atoms with Gasteiger partial charge in [-0.15, -0.1) is 11.3 Å². The fourth-order valence-electron chi connectivity index (χ4n) is 4.14. The Labute approximate surface area is 208 Å². The molecule has 1 aromatic heterocycles. The van der Waals surface area contributed by atoms with Crippen molar-refractivity contribution in [1.82, 2.24) is 15.2 Å². The van der Waals surface area contributed by atoms with Gasteiger partial charge in [0.25, 0.3) is 0 Å². The zero-order chi connectivity index (χ0) is 24.2. The number of carbonyl (C=O) groups excluding carboxylic acids is 1. The molecule has 180 valence electrons. The van der Waals surface area contributed by atoms with Gasteiger partial charge in [-0.3, -0.25) is 19.5 Å². The van der Waals surface area contributed by atoms with Crippen LogP contribution in [0.2, 0.25) is 0 Å². The van der Waals surface area contributed by atoms with E-state index in [2.05, 4.69) is 31.1 Å². The van der Waals surface area contributed by atoms with E-state index < -0.39 is 12.0 Å². The number of aliphatic imine (C=N–C) groups is 1. The summed E-state index contributed by atoms with van der Waals surface area (Å²) in [7, 11) is 0. The number of aromatic nitrogens is 1. The van der Waals surface area contributed by atoms with E-state index in [1.807, 2.05) is 5.38 Å². The molecule has 4 rings (SSSR count). The highest BCUT2D eigenvalue weighted by Crippen LogP contribution is 2.36. The van der Waals surface area contributed by atoms with E-state index in [-0.39, 0.29) is 24.1 Å². The van der Waals surface area contributed by atoms with Crippen LogP contribution in [0.5, 0.6) is 0 Å². The number of hydrogen-bond acceptors (Lipinski definition) is 8. The molecule has 0 aliphatic carbocycles.